The molecular weight excluding hydrogens is 202 g/mol. The van der Waals surface area contributed by atoms with Crippen LogP contribution in [0.15, 0.2) is 0 Å². The van der Waals surface area contributed by atoms with E-state index < -0.39 is 6.43 Å². The van der Waals surface area contributed by atoms with Gasteiger partial charge in [0.2, 0.25) is 6.43 Å². The van der Waals surface area contributed by atoms with Gasteiger partial charge in [0.15, 0.2) is 0 Å². The Bertz CT molecular complexity index is 97.8. The van der Waals surface area contributed by atoms with Crippen LogP contribution >= 0.6 is 15.9 Å². The highest BCUT2D eigenvalue weighted by Gasteiger charge is 2.25. The first kappa shape index (κ1) is 8.44. The fourth-order valence-electron chi connectivity index (χ4n) is 1.33. The standard InChI is InChI=1S/C7H11BrF2/c8-6-3-1-5(2-4-6)7(9)10/h5-7H,1-4H2. The van der Waals surface area contributed by atoms with Crippen LogP contribution in [-0.2, 0) is 0 Å². The Kier molecular flexibility index (Phi) is 3.08. The third-order valence-corrected chi connectivity index (χ3v) is 2.97. The van der Waals surface area contributed by atoms with Crippen molar-refractivity contribution in [2.45, 2.75) is 36.9 Å². The van der Waals surface area contributed by atoms with Gasteiger partial charge in [0, 0.05) is 10.7 Å². The molecule has 0 aromatic rings. The van der Waals surface area contributed by atoms with Crippen molar-refractivity contribution in [3.63, 3.8) is 0 Å². The van der Waals surface area contributed by atoms with Gasteiger partial charge in [0.05, 0.1) is 0 Å². The normalized spacial score (nSPS) is 34.8. The fourth-order valence-corrected chi connectivity index (χ4v) is 1.86. The molecule has 0 aromatic carbocycles. The van der Waals surface area contributed by atoms with Gasteiger partial charge in [-0.1, -0.05) is 15.9 Å². The first-order valence-corrected chi connectivity index (χ1v) is 4.54. The zero-order valence-corrected chi connectivity index (χ0v) is 7.28. The van der Waals surface area contributed by atoms with Crippen molar-refractivity contribution < 1.29 is 8.78 Å². The Morgan fingerprint density at radius 1 is 1.10 bits per heavy atom. The second-order valence-corrected chi connectivity index (χ2v) is 4.14. The Hall–Kier alpha value is 0.340. The molecule has 0 atom stereocenters. The molecule has 0 aliphatic heterocycles. The van der Waals surface area contributed by atoms with E-state index in [-0.39, 0.29) is 5.92 Å². The third kappa shape index (κ3) is 2.19. The van der Waals surface area contributed by atoms with E-state index in [0.717, 1.165) is 12.8 Å². The molecule has 1 saturated carbocycles. The smallest absolute Gasteiger partial charge is 0.210 e. The van der Waals surface area contributed by atoms with Crippen LogP contribution in [0.3, 0.4) is 0 Å². The van der Waals surface area contributed by atoms with Crippen LogP contribution in [0.5, 0.6) is 0 Å². The van der Waals surface area contributed by atoms with Gasteiger partial charge in [0.25, 0.3) is 0 Å². The molecule has 0 N–H and O–H groups in total. The lowest BCUT2D eigenvalue weighted by Gasteiger charge is -2.23. The molecule has 1 aliphatic carbocycles. The van der Waals surface area contributed by atoms with Crippen molar-refractivity contribution in [2.75, 3.05) is 0 Å². The zero-order valence-electron chi connectivity index (χ0n) is 5.69. The van der Waals surface area contributed by atoms with E-state index in [2.05, 4.69) is 15.9 Å². The van der Waals surface area contributed by atoms with E-state index in [4.69, 9.17) is 0 Å². The van der Waals surface area contributed by atoms with Crippen molar-refractivity contribution in [3.8, 4) is 0 Å². The molecule has 1 rings (SSSR count). The lowest BCUT2D eigenvalue weighted by molar-refractivity contribution is 0.0575. The monoisotopic (exact) mass is 212 g/mol. The minimum absolute atomic E-state index is 0.325. The van der Waals surface area contributed by atoms with Crippen molar-refractivity contribution in [1.82, 2.24) is 0 Å². The summed E-state index contributed by atoms with van der Waals surface area (Å²) in [5.41, 5.74) is 0. The van der Waals surface area contributed by atoms with Gasteiger partial charge in [-0.25, -0.2) is 8.78 Å². The topological polar surface area (TPSA) is 0 Å². The molecule has 0 heterocycles. The highest BCUT2D eigenvalue weighted by atomic mass is 79.9. The van der Waals surface area contributed by atoms with Crippen molar-refractivity contribution in [1.29, 1.82) is 0 Å². The van der Waals surface area contributed by atoms with Gasteiger partial charge < -0.3 is 0 Å². The summed E-state index contributed by atoms with van der Waals surface area (Å²) >= 11 is 3.42. The van der Waals surface area contributed by atoms with E-state index in [1.807, 2.05) is 0 Å². The number of alkyl halides is 3. The first-order valence-electron chi connectivity index (χ1n) is 3.62. The molecule has 0 unspecified atom stereocenters. The summed E-state index contributed by atoms with van der Waals surface area (Å²) in [5.74, 6) is -0.325. The summed E-state index contributed by atoms with van der Waals surface area (Å²) in [6, 6.07) is 0. The van der Waals surface area contributed by atoms with E-state index in [1.165, 1.54) is 0 Å². The molecule has 0 bridgehead atoms. The Labute approximate surface area is 68.1 Å². The van der Waals surface area contributed by atoms with Crippen LogP contribution in [0.25, 0.3) is 0 Å². The third-order valence-electron chi connectivity index (χ3n) is 2.06. The van der Waals surface area contributed by atoms with E-state index >= 15 is 0 Å². The molecule has 0 nitrogen and oxygen atoms in total. The van der Waals surface area contributed by atoms with E-state index in [0.29, 0.717) is 17.7 Å². The molecule has 0 saturated heterocycles. The first-order chi connectivity index (χ1) is 4.70. The van der Waals surface area contributed by atoms with E-state index in [1.54, 1.807) is 0 Å². The number of rotatable bonds is 1. The Morgan fingerprint density at radius 3 is 2.00 bits per heavy atom. The summed E-state index contributed by atoms with van der Waals surface area (Å²) in [7, 11) is 0. The largest absolute Gasteiger partial charge is 0.241 e. The van der Waals surface area contributed by atoms with Crippen LogP contribution in [0.4, 0.5) is 8.78 Å². The van der Waals surface area contributed by atoms with Crippen LogP contribution in [0.1, 0.15) is 25.7 Å². The predicted octanol–water partition coefficient (Wildman–Crippen LogP) is 3.21. The molecule has 10 heavy (non-hydrogen) atoms. The van der Waals surface area contributed by atoms with Gasteiger partial charge >= 0.3 is 0 Å². The number of hydrogen-bond donors (Lipinski definition) is 0. The minimum atomic E-state index is -2.10. The highest BCUT2D eigenvalue weighted by Crippen LogP contribution is 2.32. The maximum Gasteiger partial charge on any atom is 0.241 e. The minimum Gasteiger partial charge on any atom is -0.210 e. The molecule has 0 amide bonds. The van der Waals surface area contributed by atoms with Gasteiger partial charge in [-0.05, 0) is 25.7 Å². The summed E-state index contributed by atoms with van der Waals surface area (Å²) in [6.45, 7) is 0. The Balaban J connectivity index is 2.26. The summed E-state index contributed by atoms with van der Waals surface area (Å²) < 4.78 is 24.1. The summed E-state index contributed by atoms with van der Waals surface area (Å²) in [6.07, 6.45) is 1.10. The second kappa shape index (κ2) is 3.65. The molecule has 60 valence electrons. The second-order valence-electron chi connectivity index (χ2n) is 2.85. The quantitative estimate of drug-likeness (QED) is 0.586. The van der Waals surface area contributed by atoms with Crippen LogP contribution in [0, 0.1) is 5.92 Å². The maximum atomic E-state index is 12.0. The van der Waals surface area contributed by atoms with Gasteiger partial charge in [-0.3, -0.25) is 0 Å². The SMILES string of the molecule is FC(F)C1CCC(Br)CC1. The molecular formula is C7H11BrF2. The lowest BCUT2D eigenvalue weighted by Crippen LogP contribution is -2.19. The van der Waals surface area contributed by atoms with E-state index in [9.17, 15) is 8.78 Å². The van der Waals surface area contributed by atoms with Crippen LogP contribution in [0.2, 0.25) is 0 Å². The van der Waals surface area contributed by atoms with Gasteiger partial charge in [0.1, 0.15) is 0 Å². The molecule has 0 spiro atoms. The molecule has 1 fully saturated rings. The number of hydrogen-bond acceptors (Lipinski definition) is 0. The lowest BCUT2D eigenvalue weighted by atomic mass is 9.90. The van der Waals surface area contributed by atoms with Gasteiger partial charge in [-0.15, -0.1) is 0 Å². The molecule has 0 radical (unpaired) electrons. The van der Waals surface area contributed by atoms with Crippen molar-refractivity contribution in [2.24, 2.45) is 5.92 Å². The Morgan fingerprint density at radius 2 is 1.60 bits per heavy atom. The average Bonchev–Trinajstić information content (AvgIpc) is 1.88. The maximum absolute atomic E-state index is 12.0. The molecule has 0 aromatic heterocycles. The average molecular weight is 213 g/mol. The fraction of sp³-hybridized carbons (Fsp3) is 1.00. The predicted molar refractivity (Wildman–Crippen MR) is 40.7 cm³/mol. The molecule has 3 heteroatoms. The van der Waals surface area contributed by atoms with Crippen molar-refractivity contribution in [3.05, 3.63) is 0 Å². The van der Waals surface area contributed by atoms with Crippen LogP contribution in [-0.4, -0.2) is 11.3 Å². The van der Waals surface area contributed by atoms with Gasteiger partial charge in [-0.2, -0.15) is 0 Å². The highest BCUT2D eigenvalue weighted by molar-refractivity contribution is 9.09. The van der Waals surface area contributed by atoms with Crippen molar-refractivity contribution >= 4 is 15.9 Å². The summed E-state index contributed by atoms with van der Waals surface area (Å²) in [5, 5.41) is 0. The van der Waals surface area contributed by atoms with Crippen LogP contribution < -0.4 is 0 Å². The summed E-state index contributed by atoms with van der Waals surface area (Å²) in [4.78, 5) is 0.488. The molecule has 1 aliphatic rings. The number of halogens is 3. The zero-order chi connectivity index (χ0) is 7.56.